The highest BCUT2D eigenvalue weighted by Gasteiger charge is 2.29. The first-order valence-electron chi connectivity index (χ1n) is 4.78. The Labute approximate surface area is 111 Å². The monoisotopic (exact) mass is 342 g/mol. The molecule has 0 radical (unpaired) electrons. The lowest BCUT2D eigenvalue weighted by Gasteiger charge is -2.15. The minimum absolute atomic E-state index is 0.211. The zero-order valence-corrected chi connectivity index (χ0v) is 11.0. The fourth-order valence-electron chi connectivity index (χ4n) is 1.58. The molecule has 0 bridgehead atoms. The summed E-state index contributed by atoms with van der Waals surface area (Å²) in [5, 5.41) is 0. The normalized spacial score (nSPS) is 14.1. The number of halogens is 1. The van der Waals surface area contributed by atoms with Gasteiger partial charge in [-0.1, -0.05) is 12.1 Å². The number of hydrogen-bond acceptors (Lipinski definition) is 4. The second-order valence-electron chi connectivity index (χ2n) is 3.46. The van der Waals surface area contributed by atoms with Gasteiger partial charge in [0.05, 0.1) is 0 Å². The van der Waals surface area contributed by atoms with Gasteiger partial charge in [-0.3, -0.25) is 14.4 Å². The molecule has 1 aromatic carbocycles. The van der Waals surface area contributed by atoms with E-state index in [2.05, 4.69) is 0 Å². The highest BCUT2D eigenvalue weighted by molar-refractivity contribution is 14.1. The number of esters is 1. The smallest absolute Gasteiger partial charge is 0.308 e. The van der Waals surface area contributed by atoms with Crippen LogP contribution in [0.25, 0.3) is 0 Å². The average molecular weight is 342 g/mol. The van der Waals surface area contributed by atoms with Crippen LogP contribution in [0.1, 0.15) is 27.6 Å². The van der Waals surface area contributed by atoms with E-state index in [1.54, 1.807) is 18.2 Å². The van der Waals surface area contributed by atoms with Crippen molar-refractivity contribution in [2.24, 2.45) is 0 Å². The van der Waals surface area contributed by atoms with E-state index in [4.69, 9.17) is 4.74 Å². The molecule has 0 heterocycles. The van der Waals surface area contributed by atoms with Crippen LogP contribution >= 0.6 is 22.6 Å². The van der Waals surface area contributed by atoms with Crippen molar-refractivity contribution in [1.82, 2.24) is 0 Å². The van der Waals surface area contributed by atoms with Gasteiger partial charge in [0, 0.05) is 27.7 Å². The van der Waals surface area contributed by atoms with Gasteiger partial charge < -0.3 is 4.74 Å². The van der Waals surface area contributed by atoms with E-state index in [1.165, 1.54) is 6.92 Å². The molecular weight excluding hydrogens is 335 g/mol. The van der Waals surface area contributed by atoms with E-state index in [9.17, 15) is 14.4 Å². The summed E-state index contributed by atoms with van der Waals surface area (Å²) in [4.78, 5) is 34.6. The van der Waals surface area contributed by atoms with Crippen molar-refractivity contribution in [3.63, 3.8) is 0 Å². The Balaban J connectivity index is 2.53. The zero-order chi connectivity index (χ0) is 12.6. The number of carbonyl (C=O) groups is 3. The summed E-state index contributed by atoms with van der Waals surface area (Å²) >= 11 is 1.99. The van der Waals surface area contributed by atoms with Gasteiger partial charge in [0.25, 0.3) is 0 Å². The van der Waals surface area contributed by atoms with Gasteiger partial charge in [-0.05, 0) is 28.7 Å². The highest BCUT2D eigenvalue weighted by Crippen LogP contribution is 2.25. The summed E-state index contributed by atoms with van der Waals surface area (Å²) < 4.78 is 5.43. The molecule has 2 rings (SSSR count). The first-order chi connectivity index (χ1) is 8.00. The summed E-state index contributed by atoms with van der Waals surface area (Å²) in [6, 6.07) is 4.98. The maximum Gasteiger partial charge on any atom is 0.308 e. The second-order valence-corrected chi connectivity index (χ2v) is 4.62. The van der Waals surface area contributed by atoms with E-state index >= 15 is 0 Å². The minimum Gasteiger partial charge on any atom is -0.422 e. The number of hydrogen-bond donors (Lipinski definition) is 0. The van der Waals surface area contributed by atoms with Gasteiger partial charge in [-0.2, -0.15) is 0 Å². The first kappa shape index (κ1) is 12.0. The Bertz CT molecular complexity index is 572. The third-order valence-electron chi connectivity index (χ3n) is 2.24. The molecule has 0 atom stereocenters. The molecule has 0 N–H and O–H groups in total. The summed E-state index contributed by atoms with van der Waals surface area (Å²) in [5.74, 6) is -1.59. The molecular formula is C12H7IO4. The van der Waals surface area contributed by atoms with Crippen molar-refractivity contribution in [1.29, 1.82) is 0 Å². The molecule has 86 valence electrons. The first-order valence-corrected chi connectivity index (χ1v) is 5.86. The summed E-state index contributed by atoms with van der Waals surface area (Å²) in [7, 11) is 0. The predicted molar refractivity (Wildman–Crippen MR) is 67.7 cm³/mol. The number of benzene rings is 1. The Morgan fingerprint density at radius 1 is 1.29 bits per heavy atom. The lowest BCUT2D eigenvalue weighted by atomic mass is 9.94. The van der Waals surface area contributed by atoms with Gasteiger partial charge in [0.1, 0.15) is 0 Å². The van der Waals surface area contributed by atoms with Gasteiger partial charge in [-0.25, -0.2) is 0 Å². The van der Waals surface area contributed by atoms with Crippen molar-refractivity contribution in [3.8, 4) is 0 Å². The topological polar surface area (TPSA) is 60.4 Å². The standard InChI is InChI=1S/C12H7IO4/c1-6(14)17-10-5-9(15)11-7(12(10)16)3-2-4-8(11)13/h2-5H,1H3. The largest absolute Gasteiger partial charge is 0.422 e. The molecule has 17 heavy (non-hydrogen) atoms. The number of fused-ring (bicyclic) bond motifs is 1. The molecule has 0 unspecified atom stereocenters. The Morgan fingerprint density at radius 3 is 2.65 bits per heavy atom. The van der Waals surface area contributed by atoms with E-state index in [0.717, 1.165) is 6.08 Å². The number of rotatable bonds is 1. The van der Waals surface area contributed by atoms with Crippen LogP contribution in [-0.2, 0) is 9.53 Å². The van der Waals surface area contributed by atoms with Gasteiger partial charge in [0.15, 0.2) is 11.5 Å². The molecule has 0 aromatic heterocycles. The van der Waals surface area contributed by atoms with Gasteiger partial charge in [-0.15, -0.1) is 0 Å². The maximum atomic E-state index is 11.9. The van der Waals surface area contributed by atoms with Crippen LogP contribution in [0.3, 0.4) is 0 Å². The molecule has 5 heteroatoms. The van der Waals surface area contributed by atoms with Crippen molar-refractivity contribution in [2.75, 3.05) is 0 Å². The van der Waals surface area contributed by atoms with Crippen molar-refractivity contribution < 1.29 is 19.1 Å². The molecule has 1 aliphatic carbocycles. The van der Waals surface area contributed by atoms with Crippen molar-refractivity contribution in [3.05, 3.63) is 44.7 Å². The lowest BCUT2D eigenvalue weighted by Crippen LogP contribution is -2.20. The molecule has 0 amide bonds. The fourth-order valence-corrected chi connectivity index (χ4v) is 2.35. The van der Waals surface area contributed by atoms with Crippen LogP contribution in [0.4, 0.5) is 0 Å². The summed E-state index contributed by atoms with van der Waals surface area (Å²) in [5.41, 5.74) is 0.648. The fraction of sp³-hybridized carbons (Fsp3) is 0.0833. The molecule has 0 fully saturated rings. The zero-order valence-electron chi connectivity index (χ0n) is 8.82. The van der Waals surface area contributed by atoms with Crippen LogP contribution in [0, 0.1) is 3.57 Å². The molecule has 0 aliphatic heterocycles. The summed E-state index contributed by atoms with van der Waals surface area (Å²) in [6.07, 6.45) is 1.06. The number of ketones is 2. The Morgan fingerprint density at radius 2 is 2.00 bits per heavy atom. The molecule has 0 saturated carbocycles. The number of Topliss-reactive ketones (excluding diaryl/α,β-unsaturated/α-hetero) is 1. The van der Waals surface area contributed by atoms with E-state index < -0.39 is 11.8 Å². The van der Waals surface area contributed by atoms with Gasteiger partial charge >= 0.3 is 5.97 Å². The van der Waals surface area contributed by atoms with Crippen LogP contribution in [0.15, 0.2) is 30.0 Å². The van der Waals surface area contributed by atoms with Crippen LogP contribution < -0.4 is 0 Å². The van der Waals surface area contributed by atoms with E-state index in [1.807, 2.05) is 22.6 Å². The summed E-state index contributed by atoms with van der Waals surface area (Å²) in [6.45, 7) is 1.18. The Kier molecular flexibility index (Phi) is 3.10. The Hall–Kier alpha value is -1.50. The number of ether oxygens (including phenoxy) is 1. The molecule has 1 aliphatic rings. The van der Waals surface area contributed by atoms with E-state index in [-0.39, 0.29) is 17.1 Å². The third kappa shape index (κ3) is 2.14. The van der Waals surface area contributed by atoms with Crippen LogP contribution in [0.2, 0.25) is 0 Å². The van der Waals surface area contributed by atoms with E-state index in [0.29, 0.717) is 9.13 Å². The highest BCUT2D eigenvalue weighted by atomic mass is 127. The second kappa shape index (κ2) is 4.40. The molecule has 4 nitrogen and oxygen atoms in total. The molecule has 0 spiro atoms. The SMILES string of the molecule is CC(=O)OC1=CC(=O)c2c(I)cccc2C1=O. The number of carbonyl (C=O) groups excluding carboxylic acids is 3. The quantitative estimate of drug-likeness (QED) is 0.579. The molecule has 1 aromatic rings. The van der Waals surface area contributed by atoms with Gasteiger partial charge in [0.2, 0.25) is 5.78 Å². The molecule has 0 saturated heterocycles. The third-order valence-corrected chi connectivity index (χ3v) is 3.14. The average Bonchev–Trinajstić information content (AvgIpc) is 2.24. The van der Waals surface area contributed by atoms with Crippen molar-refractivity contribution in [2.45, 2.75) is 6.92 Å². The maximum absolute atomic E-state index is 11.9. The predicted octanol–water partition coefficient (Wildman–Crippen LogP) is 2.12. The van der Waals surface area contributed by atoms with Crippen molar-refractivity contribution >= 4 is 40.1 Å². The number of allylic oxidation sites excluding steroid dienone is 2. The lowest BCUT2D eigenvalue weighted by molar-refractivity contribution is -0.136. The van der Waals surface area contributed by atoms with Crippen LogP contribution in [0.5, 0.6) is 0 Å². The minimum atomic E-state index is -0.619. The van der Waals surface area contributed by atoms with Crippen LogP contribution in [-0.4, -0.2) is 17.5 Å².